The molecule has 1 heterocycles. The number of rotatable bonds is 7. The zero-order chi connectivity index (χ0) is 32.4. The first kappa shape index (κ1) is 33.3. The SMILES string of the molecule is C=C(CC[C@@H](C)[C@H]1[C@@H](O)C[C@@]2(C)[C@@H]3[C@@H](O)[C@@H](O)[C@H]4C(C)(C)[C@@H](O[C@@H]5OC[C@@H](O)[C@H](O)[C@H]5O)CC[C@@]45C[C@@]35CC[C@]12C)C(C)C. The zero-order valence-electron chi connectivity index (χ0n) is 28.1. The largest absolute Gasteiger partial charge is 0.393 e. The van der Waals surface area contributed by atoms with Gasteiger partial charge in [-0.1, -0.05) is 60.6 Å². The Morgan fingerprint density at radius 1 is 0.818 bits per heavy atom. The second-order valence-electron chi connectivity index (χ2n) is 17.6. The topological polar surface area (TPSA) is 140 Å². The second-order valence-corrected chi connectivity index (χ2v) is 17.6. The van der Waals surface area contributed by atoms with Crippen molar-refractivity contribution in [2.75, 3.05) is 6.61 Å². The van der Waals surface area contributed by atoms with Crippen molar-refractivity contribution in [2.45, 2.75) is 149 Å². The third kappa shape index (κ3) is 4.30. The summed E-state index contributed by atoms with van der Waals surface area (Å²) in [6, 6.07) is 0. The zero-order valence-corrected chi connectivity index (χ0v) is 28.1. The van der Waals surface area contributed by atoms with Crippen molar-refractivity contribution in [3.8, 4) is 0 Å². The van der Waals surface area contributed by atoms with E-state index < -0.39 is 48.3 Å². The highest BCUT2D eigenvalue weighted by Gasteiger charge is 2.86. The first-order valence-electron chi connectivity index (χ1n) is 17.4. The van der Waals surface area contributed by atoms with Crippen LogP contribution < -0.4 is 0 Å². The highest BCUT2D eigenvalue weighted by atomic mass is 16.7. The maximum atomic E-state index is 12.2. The van der Waals surface area contributed by atoms with Crippen LogP contribution in [0.3, 0.4) is 0 Å². The number of hydrogen-bond donors (Lipinski definition) is 6. The molecule has 16 atom stereocenters. The van der Waals surface area contributed by atoms with Crippen LogP contribution in [0.25, 0.3) is 0 Å². The maximum absolute atomic E-state index is 12.2. The Morgan fingerprint density at radius 3 is 2.11 bits per heavy atom. The van der Waals surface area contributed by atoms with Gasteiger partial charge in [-0.25, -0.2) is 0 Å². The molecule has 1 aliphatic heterocycles. The van der Waals surface area contributed by atoms with E-state index in [1.54, 1.807) is 0 Å². The molecule has 8 nitrogen and oxygen atoms in total. The van der Waals surface area contributed by atoms with E-state index in [2.05, 4.69) is 55.0 Å². The van der Waals surface area contributed by atoms with E-state index in [0.29, 0.717) is 18.3 Å². The van der Waals surface area contributed by atoms with Crippen molar-refractivity contribution in [1.29, 1.82) is 0 Å². The maximum Gasteiger partial charge on any atom is 0.186 e. The molecule has 0 bridgehead atoms. The lowest BCUT2D eigenvalue weighted by atomic mass is 9.40. The number of ether oxygens (including phenoxy) is 2. The fourth-order valence-corrected chi connectivity index (χ4v) is 12.7. The second kappa shape index (κ2) is 10.7. The Labute approximate surface area is 264 Å². The summed E-state index contributed by atoms with van der Waals surface area (Å²) in [6.45, 7) is 19.7. The van der Waals surface area contributed by atoms with Crippen LogP contribution in [0.2, 0.25) is 0 Å². The first-order valence-corrected chi connectivity index (χ1v) is 17.4. The van der Waals surface area contributed by atoms with Gasteiger partial charge in [-0.15, -0.1) is 0 Å². The minimum atomic E-state index is -1.37. The summed E-state index contributed by atoms with van der Waals surface area (Å²) >= 11 is 0. The standard InChI is InChI=1S/C36H60O8/c1-18(2)19(3)9-10-20(4)24-21(37)15-34(8)30-27(41)26(40)29-32(5,6)23(44-31-28(42)25(39)22(38)16-43-31)11-12-35(29)17-36(30,35)14-13-33(24,34)7/h18,20-31,37-42H,3,9-17H2,1-2,4-8H3/t20-,21+,22-,23+,24+,25+,26-,27+,28-,29+,30+,31+,33-,34+,35-,36+/m1/s1. The summed E-state index contributed by atoms with van der Waals surface area (Å²) in [5.74, 6) is 0.626. The smallest absolute Gasteiger partial charge is 0.186 e. The van der Waals surface area contributed by atoms with E-state index in [1.165, 1.54) is 5.57 Å². The molecule has 0 aromatic heterocycles. The molecule has 6 rings (SSSR count). The van der Waals surface area contributed by atoms with Gasteiger partial charge in [0.15, 0.2) is 6.29 Å². The quantitative estimate of drug-likeness (QED) is 0.187. The van der Waals surface area contributed by atoms with Crippen LogP contribution in [0.15, 0.2) is 12.2 Å². The van der Waals surface area contributed by atoms with Crippen molar-refractivity contribution in [2.24, 2.45) is 56.7 Å². The third-order valence-electron chi connectivity index (χ3n) is 15.2. The van der Waals surface area contributed by atoms with E-state index in [1.807, 2.05) is 0 Å². The average molecular weight is 621 g/mol. The summed E-state index contributed by atoms with van der Waals surface area (Å²) in [7, 11) is 0. The van der Waals surface area contributed by atoms with Gasteiger partial charge in [0.2, 0.25) is 0 Å². The van der Waals surface area contributed by atoms with Gasteiger partial charge in [0.1, 0.15) is 18.3 Å². The number of fused-ring (bicyclic) bond motifs is 2. The molecule has 0 amide bonds. The van der Waals surface area contributed by atoms with Crippen molar-refractivity contribution < 1.29 is 40.1 Å². The molecular weight excluding hydrogens is 560 g/mol. The molecule has 2 spiro atoms. The van der Waals surface area contributed by atoms with E-state index in [-0.39, 0.29) is 52.1 Å². The van der Waals surface area contributed by atoms with E-state index in [0.717, 1.165) is 44.9 Å². The van der Waals surface area contributed by atoms with Crippen molar-refractivity contribution in [3.05, 3.63) is 12.2 Å². The van der Waals surface area contributed by atoms with Gasteiger partial charge in [0.25, 0.3) is 0 Å². The minimum absolute atomic E-state index is 0.0856. The van der Waals surface area contributed by atoms with Gasteiger partial charge in [0.05, 0.1) is 31.0 Å². The Hall–Kier alpha value is -0.580. The van der Waals surface area contributed by atoms with Gasteiger partial charge in [-0.05, 0) is 102 Å². The summed E-state index contributed by atoms with van der Waals surface area (Å²) < 4.78 is 12.0. The molecule has 252 valence electrons. The van der Waals surface area contributed by atoms with Gasteiger partial charge in [0, 0.05) is 5.92 Å². The fraction of sp³-hybridized carbons (Fsp3) is 0.944. The van der Waals surface area contributed by atoms with Crippen LogP contribution in [0.5, 0.6) is 0 Å². The summed E-state index contributed by atoms with van der Waals surface area (Å²) in [6.07, 6.45) is -0.409. The molecule has 0 aromatic rings. The van der Waals surface area contributed by atoms with E-state index in [9.17, 15) is 30.6 Å². The minimum Gasteiger partial charge on any atom is -0.393 e. The first-order chi connectivity index (χ1) is 20.4. The normalized spacial score (nSPS) is 55.0. The lowest BCUT2D eigenvalue weighted by molar-refractivity contribution is -0.311. The number of allylic oxidation sites excluding steroid dienone is 1. The molecule has 5 aliphatic carbocycles. The number of aliphatic hydroxyl groups is 6. The molecule has 1 saturated heterocycles. The molecule has 0 aromatic carbocycles. The van der Waals surface area contributed by atoms with E-state index >= 15 is 0 Å². The molecule has 6 N–H and O–H groups in total. The average Bonchev–Trinajstić information content (AvgIpc) is 3.51. The van der Waals surface area contributed by atoms with Crippen LogP contribution in [-0.2, 0) is 9.47 Å². The van der Waals surface area contributed by atoms with Gasteiger partial charge in [-0.3, -0.25) is 0 Å². The predicted molar refractivity (Wildman–Crippen MR) is 166 cm³/mol. The molecule has 0 radical (unpaired) electrons. The molecule has 6 aliphatic rings. The third-order valence-corrected chi connectivity index (χ3v) is 15.2. The predicted octanol–water partition coefficient (Wildman–Crippen LogP) is 3.79. The summed E-state index contributed by atoms with van der Waals surface area (Å²) in [5, 5.41) is 66.8. The molecule has 5 saturated carbocycles. The van der Waals surface area contributed by atoms with Crippen LogP contribution in [0.1, 0.15) is 99.8 Å². The molecule has 0 unspecified atom stereocenters. The Bertz CT molecular complexity index is 1130. The molecule has 8 heteroatoms. The van der Waals surface area contributed by atoms with E-state index in [4.69, 9.17) is 9.47 Å². The molecule has 44 heavy (non-hydrogen) atoms. The number of hydrogen-bond acceptors (Lipinski definition) is 8. The fourth-order valence-electron chi connectivity index (χ4n) is 12.7. The van der Waals surface area contributed by atoms with Gasteiger partial charge in [-0.2, -0.15) is 0 Å². The van der Waals surface area contributed by atoms with Crippen LogP contribution in [0, 0.1) is 56.7 Å². The summed E-state index contributed by atoms with van der Waals surface area (Å²) in [5.41, 5.74) is 0.0738. The summed E-state index contributed by atoms with van der Waals surface area (Å²) in [4.78, 5) is 0. The molecule has 6 fully saturated rings. The van der Waals surface area contributed by atoms with Crippen LogP contribution in [0.4, 0.5) is 0 Å². The van der Waals surface area contributed by atoms with Crippen molar-refractivity contribution in [1.82, 2.24) is 0 Å². The van der Waals surface area contributed by atoms with Gasteiger partial charge < -0.3 is 40.1 Å². The number of aliphatic hydroxyl groups excluding tert-OH is 6. The lowest BCUT2D eigenvalue weighted by Crippen LogP contribution is -2.67. The van der Waals surface area contributed by atoms with Crippen molar-refractivity contribution in [3.63, 3.8) is 0 Å². The highest BCUT2D eigenvalue weighted by molar-refractivity contribution is 5.34. The highest BCUT2D eigenvalue weighted by Crippen LogP contribution is 2.89. The Balaban J connectivity index is 1.26. The Morgan fingerprint density at radius 2 is 1.45 bits per heavy atom. The van der Waals surface area contributed by atoms with Crippen LogP contribution >= 0.6 is 0 Å². The molecular formula is C36H60O8. The monoisotopic (exact) mass is 620 g/mol. The van der Waals surface area contributed by atoms with Crippen molar-refractivity contribution >= 4 is 0 Å². The lowest BCUT2D eigenvalue weighted by Gasteiger charge is -2.65. The Kier molecular flexibility index (Phi) is 8.11. The van der Waals surface area contributed by atoms with Crippen LogP contribution in [-0.4, -0.2) is 86.3 Å². The van der Waals surface area contributed by atoms with Gasteiger partial charge >= 0.3 is 0 Å².